The molecule has 0 N–H and O–H groups in total. The summed E-state index contributed by atoms with van der Waals surface area (Å²) in [4.78, 5) is 14.7. The summed E-state index contributed by atoms with van der Waals surface area (Å²) in [6, 6.07) is 6.85. The Labute approximate surface area is 153 Å². The normalized spacial score (nSPS) is 18.1. The fraction of sp³-hybridized carbons (Fsp3) is 0.421. The molecular formula is C19H22N2O4S. The Morgan fingerprint density at radius 1 is 1.08 bits per heavy atom. The van der Waals surface area contributed by atoms with E-state index < -0.39 is 10.0 Å². The number of anilines is 1. The van der Waals surface area contributed by atoms with Crippen molar-refractivity contribution >= 4 is 21.6 Å². The zero-order chi connectivity index (χ0) is 18.3. The van der Waals surface area contributed by atoms with Crippen molar-refractivity contribution in [2.75, 3.05) is 24.5 Å². The van der Waals surface area contributed by atoms with Gasteiger partial charge >= 0.3 is 0 Å². The fourth-order valence-electron chi connectivity index (χ4n) is 3.72. The van der Waals surface area contributed by atoms with Gasteiger partial charge in [0.25, 0.3) is 5.91 Å². The second-order valence-electron chi connectivity index (χ2n) is 6.89. The highest BCUT2D eigenvalue weighted by Crippen LogP contribution is 2.33. The Hall–Kier alpha value is -2.12. The first-order chi connectivity index (χ1) is 12.5. The molecule has 4 rings (SSSR count). The predicted molar refractivity (Wildman–Crippen MR) is 97.9 cm³/mol. The molecule has 3 heterocycles. The van der Waals surface area contributed by atoms with E-state index in [1.807, 2.05) is 6.92 Å². The number of piperidine rings is 1. The number of sulfonamides is 1. The molecule has 0 aliphatic carbocycles. The monoisotopic (exact) mass is 374 g/mol. The van der Waals surface area contributed by atoms with E-state index in [1.54, 1.807) is 33.5 Å². The number of carbonyl (C=O) groups excluding carboxylic acids is 1. The van der Waals surface area contributed by atoms with Crippen molar-refractivity contribution in [1.82, 2.24) is 4.31 Å². The molecule has 1 aromatic heterocycles. The number of rotatable bonds is 3. The zero-order valence-electron chi connectivity index (χ0n) is 14.8. The van der Waals surface area contributed by atoms with E-state index in [0.29, 0.717) is 36.7 Å². The lowest BCUT2D eigenvalue weighted by Gasteiger charge is -2.26. The van der Waals surface area contributed by atoms with Crippen molar-refractivity contribution in [3.05, 3.63) is 47.4 Å². The molecule has 0 radical (unpaired) electrons. The van der Waals surface area contributed by atoms with Gasteiger partial charge in [0.15, 0.2) is 5.76 Å². The summed E-state index contributed by atoms with van der Waals surface area (Å²) in [7, 11) is -3.46. The third-order valence-corrected chi connectivity index (χ3v) is 7.10. The van der Waals surface area contributed by atoms with Crippen molar-refractivity contribution in [2.24, 2.45) is 0 Å². The van der Waals surface area contributed by atoms with Crippen LogP contribution in [0, 0.1) is 6.92 Å². The molecule has 1 fully saturated rings. The number of benzene rings is 1. The topological polar surface area (TPSA) is 70.8 Å². The maximum absolute atomic E-state index is 12.9. The Morgan fingerprint density at radius 3 is 2.54 bits per heavy atom. The molecule has 138 valence electrons. The second-order valence-corrected chi connectivity index (χ2v) is 8.83. The molecule has 0 atom stereocenters. The van der Waals surface area contributed by atoms with E-state index in [-0.39, 0.29) is 5.91 Å². The third-order valence-electron chi connectivity index (χ3n) is 5.20. The highest BCUT2D eigenvalue weighted by Gasteiger charge is 2.31. The lowest BCUT2D eigenvalue weighted by Crippen LogP contribution is -2.35. The van der Waals surface area contributed by atoms with Gasteiger partial charge < -0.3 is 9.32 Å². The number of aryl methyl sites for hydroxylation is 1. The van der Waals surface area contributed by atoms with Gasteiger partial charge in [0.2, 0.25) is 10.0 Å². The summed E-state index contributed by atoms with van der Waals surface area (Å²) in [5.41, 5.74) is 2.46. The minimum atomic E-state index is -3.46. The van der Waals surface area contributed by atoms with Gasteiger partial charge in [-0.2, -0.15) is 4.31 Å². The highest BCUT2D eigenvalue weighted by molar-refractivity contribution is 7.89. The zero-order valence-corrected chi connectivity index (χ0v) is 15.6. The van der Waals surface area contributed by atoms with Gasteiger partial charge in [-0.1, -0.05) is 6.42 Å². The Morgan fingerprint density at radius 2 is 1.85 bits per heavy atom. The lowest BCUT2D eigenvalue weighted by atomic mass is 10.2. The Bertz CT molecular complexity index is 942. The van der Waals surface area contributed by atoms with Crippen LogP contribution < -0.4 is 4.90 Å². The van der Waals surface area contributed by atoms with Gasteiger partial charge in [0.1, 0.15) is 0 Å². The van der Waals surface area contributed by atoms with Crippen LogP contribution >= 0.6 is 0 Å². The van der Waals surface area contributed by atoms with Crippen molar-refractivity contribution in [1.29, 1.82) is 0 Å². The molecule has 1 aromatic carbocycles. The molecule has 1 saturated heterocycles. The largest absolute Gasteiger partial charge is 0.459 e. The summed E-state index contributed by atoms with van der Waals surface area (Å²) >= 11 is 0. The summed E-state index contributed by atoms with van der Waals surface area (Å²) in [6.45, 7) is 3.53. The summed E-state index contributed by atoms with van der Waals surface area (Å²) < 4.78 is 32.6. The number of carbonyl (C=O) groups is 1. The van der Waals surface area contributed by atoms with E-state index in [9.17, 15) is 13.2 Å². The average Bonchev–Trinajstić information content (AvgIpc) is 3.27. The summed E-state index contributed by atoms with van der Waals surface area (Å²) in [5.74, 6) is 0.153. The number of hydrogen-bond acceptors (Lipinski definition) is 4. The van der Waals surface area contributed by atoms with Gasteiger partial charge in [-0.15, -0.1) is 0 Å². The van der Waals surface area contributed by atoms with Crippen LogP contribution in [0.4, 0.5) is 5.69 Å². The number of hydrogen-bond donors (Lipinski definition) is 0. The molecule has 2 aliphatic heterocycles. The molecule has 0 spiro atoms. The number of fused-ring (bicyclic) bond motifs is 1. The molecule has 0 saturated carbocycles. The maximum Gasteiger partial charge on any atom is 0.294 e. The minimum Gasteiger partial charge on any atom is -0.459 e. The lowest BCUT2D eigenvalue weighted by molar-refractivity contribution is 0.0962. The number of furan rings is 1. The molecule has 7 heteroatoms. The number of nitrogens with zero attached hydrogens (tertiary/aromatic N) is 2. The van der Waals surface area contributed by atoms with Gasteiger partial charge in [0.05, 0.1) is 11.2 Å². The van der Waals surface area contributed by atoms with Crippen LogP contribution in [0.3, 0.4) is 0 Å². The van der Waals surface area contributed by atoms with E-state index >= 15 is 0 Å². The van der Waals surface area contributed by atoms with E-state index in [0.717, 1.165) is 36.1 Å². The van der Waals surface area contributed by atoms with E-state index in [2.05, 4.69) is 0 Å². The molecule has 1 amide bonds. The Balaban J connectivity index is 1.63. The number of amides is 1. The van der Waals surface area contributed by atoms with Crippen LogP contribution in [0.2, 0.25) is 0 Å². The predicted octanol–water partition coefficient (Wildman–Crippen LogP) is 2.97. The summed E-state index contributed by atoms with van der Waals surface area (Å²) in [6.07, 6.45) is 5.06. The molecule has 2 aliphatic rings. The van der Waals surface area contributed by atoms with Crippen LogP contribution in [-0.4, -0.2) is 38.3 Å². The van der Waals surface area contributed by atoms with Crippen molar-refractivity contribution < 1.29 is 17.6 Å². The highest BCUT2D eigenvalue weighted by atomic mass is 32.2. The SMILES string of the molecule is Cc1ccoc1C(=O)N1CCc2cc(S(=O)(=O)N3CCCCC3)ccc21. The van der Waals surface area contributed by atoms with Gasteiger partial charge in [-0.25, -0.2) is 8.42 Å². The van der Waals surface area contributed by atoms with E-state index in [1.165, 1.54) is 6.26 Å². The standard InChI is InChI=1S/C19H22N2O4S/c1-14-8-12-25-18(14)19(22)21-11-7-15-13-16(5-6-17(15)21)26(23,24)20-9-3-2-4-10-20/h5-6,8,12-13H,2-4,7,9-11H2,1H3. The molecule has 0 bridgehead atoms. The van der Waals surface area contributed by atoms with Crippen LogP contribution in [-0.2, 0) is 16.4 Å². The molecule has 2 aromatic rings. The average molecular weight is 374 g/mol. The van der Waals surface area contributed by atoms with Gasteiger partial charge in [0, 0.05) is 30.9 Å². The summed E-state index contributed by atoms with van der Waals surface area (Å²) in [5, 5.41) is 0. The molecule has 26 heavy (non-hydrogen) atoms. The van der Waals surface area contributed by atoms with E-state index in [4.69, 9.17) is 4.42 Å². The first-order valence-corrected chi connectivity index (χ1v) is 10.4. The van der Waals surface area contributed by atoms with Crippen LogP contribution in [0.25, 0.3) is 0 Å². The third kappa shape index (κ3) is 2.85. The molecular weight excluding hydrogens is 352 g/mol. The van der Waals surface area contributed by atoms with Gasteiger partial charge in [-0.3, -0.25) is 4.79 Å². The first-order valence-electron chi connectivity index (χ1n) is 8.97. The molecule has 0 unspecified atom stereocenters. The second kappa shape index (κ2) is 6.55. The Kier molecular flexibility index (Phi) is 4.36. The van der Waals surface area contributed by atoms with Crippen LogP contribution in [0.5, 0.6) is 0 Å². The van der Waals surface area contributed by atoms with Crippen molar-refractivity contribution in [3.63, 3.8) is 0 Å². The fourth-order valence-corrected chi connectivity index (χ4v) is 5.29. The minimum absolute atomic E-state index is 0.183. The van der Waals surface area contributed by atoms with Gasteiger partial charge in [-0.05, 0) is 56.0 Å². The first kappa shape index (κ1) is 17.3. The van der Waals surface area contributed by atoms with Crippen LogP contribution in [0.15, 0.2) is 39.8 Å². The van der Waals surface area contributed by atoms with Crippen molar-refractivity contribution in [3.8, 4) is 0 Å². The maximum atomic E-state index is 12.9. The van der Waals surface area contributed by atoms with Crippen LogP contribution in [0.1, 0.15) is 40.9 Å². The van der Waals surface area contributed by atoms with Crippen molar-refractivity contribution in [2.45, 2.75) is 37.5 Å². The smallest absolute Gasteiger partial charge is 0.294 e. The molecule has 6 nitrogen and oxygen atoms in total. The quantitative estimate of drug-likeness (QED) is 0.828.